The Hall–Kier alpha value is -8.93. The summed E-state index contributed by atoms with van der Waals surface area (Å²) in [7, 11) is 0. The Labute approximate surface area is 469 Å². The SMILES string of the molecule is CC(C)C[C@H](NC(=O)[C@H](Cc1cnc[nH]1)NC(=O)CNC(=O)[C@@H](NC(=O)[C@H](C)NC(=O)[C@H](Cc1c[nH]c2ccccc12)NC(=O)[C@H](CCC(N)=O)NC(=O)[C@H](N)Cc1ccccc1)C(C)C)C(=O)N[C@@H](CCc1ccccc1)C(N)=O. The number of benzene rings is 3. The molecule has 24 nitrogen and oxygen atoms in total. The maximum Gasteiger partial charge on any atom is 0.243 e. The molecule has 0 unspecified atom stereocenters. The summed E-state index contributed by atoms with van der Waals surface area (Å²) >= 11 is 0. The minimum atomic E-state index is -1.36. The van der Waals surface area contributed by atoms with Crippen molar-refractivity contribution in [3.63, 3.8) is 0 Å². The van der Waals surface area contributed by atoms with E-state index in [9.17, 15) is 47.9 Å². The molecule has 10 amide bonds. The molecule has 0 fully saturated rings. The molecule has 0 spiro atoms. The zero-order valence-corrected chi connectivity index (χ0v) is 46.2. The van der Waals surface area contributed by atoms with Crippen LogP contribution in [0, 0.1) is 11.8 Å². The van der Waals surface area contributed by atoms with Crippen molar-refractivity contribution in [2.24, 2.45) is 29.0 Å². The first kappa shape index (κ1) is 62.9. The maximum atomic E-state index is 14.2. The van der Waals surface area contributed by atoms with Crippen LogP contribution in [0.15, 0.2) is 104 Å². The number of para-hydroxylation sites is 1. The number of hydrogen-bond acceptors (Lipinski definition) is 12. The number of fused-ring (bicyclic) bond motifs is 1. The lowest BCUT2D eigenvalue weighted by Crippen LogP contribution is -2.59. The third-order valence-corrected chi connectivity index (χ3v) is 13.3. The first-order chi connectivity index (χ1) is 38.6. The van der Waals surface area contributed by atoms with Crippen molar-refractivity contribution in [3.8, 4) is 0 Å². The first-order valence-corrected chi connectivity index (χ1v) is 26.9. The van der Waals surface area contributed by atoms with Crippen LogP contribution in [0.4, 0.5) is 0 Å². The van der Waals surface area contributed by atoms with Crippen LogP contribution in [0.1, 0.15) is 82.7 Å². The Kier molecular flexibility index (Phi) is 24.1. The number of imidazole rings is 1. The zero-order chi connectivity index (χ0) is 59.2. The third kappa shape index (κ3) is 20.4. The van der Waals surface area contributed by atoms with Gasteiger partial charge in [0, 0.05) is 48.3 Å². The molecule has 8 atom stereocenters. The molecule has 0 radical (unpaired) electrons. The highest BCUT2D eigenvalue weighted by Gasteiger charge is 2.34. The van der Waals surface area contributed by atoms with Crippen LogP contribution in [0.2, 0.25) is 0 Å². The van der Waals surface area contributed by atoms with Gasteiger partial charge >= 0.3 is 0 Å². The van der Waals surface area contributed by atoms with Gasteiger partial charge in [-0.3, -0.25) is 47.9 Å². The molecule has 81 heavy (non-hydrogen) atoms. The van der Waals surface area contributed by atoms with Crippen LogP contribution < -0.4 is 59.7 Å². The van der Waals surface area contributed by atoms with Gasteiger partial charge in [-0.05, 0) is 73.6 Å². The number of rotatable bonds is 32. The number of nitrogens with two attached hydrogens (primary N) is 3. The van der Waals surface area contributed by atoms with Crippen molar-refractivity contribution in [1.82, 2.24) is 57.5 Å². The number of carbonyl (C=O) groups excluding carboxylic acids is 10. The van der Waals surface area contributed by atoms with Crippen LogP contribution in [-0.4, -0.2) is 129 Å². The lowest BCUT2D eigenvalue weighted by atomic mass is 10.0. The second-order valence-corrected chi connectivity index (χ2v) is 20.7. The minimum Gasteiger partial charge on any atom is -0.370 e. The van der Waals surface area contributed by atoms with Crippen LogP contribution in [-0.2, 0) is 73.6 Å². The van der Waals surface area contributed by atoms with E-state index in [1.54, 1.807) is 50.4 Å². The van der Waals surface area contributed by atoms with E-state index in [1.807, 2.05) is 68.4 Å². The molecular formula is C57H76N14O10. The fraction of sp³-hybridized carbons (Fsp3) is 0.421. The molecule has 0 saturated carbocycles. The summed E-state index contributed by atoms with van der Waals surface area (Å²) in [6, 6.07) is 15.8. The maximum absolute atomic E-state index is 14.2. The largest absolute Gasteiger partial charge is 0.370 e. The molecular weight excluding hydrogens is 1040 g/mol. The van der Waals surface area contributed by atoms with Crippen molar-refractivity contribution >= 4 is 70.0 Å². The molecule has 16 N–H and O–H groups in total. The second-order valence-electron chi connectivity index (χ2n) is 20.7. The van der Waals surface area contributed by atoms with Crippen molar-refractivity contribution in [2.45, 2.75) is 134 Å². The Morgan fingerprint density at radius 1 is 0.556 bits per heavy atom. The molecule has 2 heterocycles. The summed E-state index contributed by atoms with van der Waals surface area (Å²) in [5.41, 5.74) is 20.9. The molecule has 0 aliphatic rings. The van der Waals surface area contributed by atoms with E-state index in [-0.39, 0.29) is 50.9 Å². The van der Waals surface area contributed by atoms with Gasteiger partial charge in [0.05, 0.1) is 18.9 Å². The molecule has 0 bridgehead atoms. The minimum absolute atomic E-state index is 0.0930. The lowest BCUT2D eigenvalue weighted by Gasteiger charge is -2.27. The standard InChI is InChI=1S/C57H76N14O10/c1-32(2)24-44(55(79)67-42(50(60)74)21-20-35-14-8-6-9-15-35)69-56(80)46(27-38-29-61-31-64-38)66-48(73)30-63-57(81)49(33(3)4)71-51(75)34(5)65-54(78)45(26-37-28-62-41-19-13-12-18-39(37)41)70-53(77)43(22-23-47(59)72)68-52(76)40(58)25-36-16-10-7-11-17-36/h6-19,28-29,31-34,40,42-46,49,62H,20-27,30,58H2,1-5H3,(H2,59,72)(H2,60,74)(H,61,64)(H,63,81)(H,65,78)(H,66,73)(H,67,79)(H,68,76)(H,69,80)(H,70,77)(H,71,75)/t34-,40+,42-,43-,44-,45-,46-,49-/m0/s1. The van der Waals surface area contributed by atoms with Gasteiger partial charge < -0.3 is 69.7 Å². The van der Waals surface area contributed by atoms with Crippen LogP contribution in [0.5, 0.6) is 0 Å². The summed E-state index contributed by atoms with van der Waals surface area (Å²) in [6.07, 6.45) is 4.78. The molecule has 3 aromatic carbocycles. The van der Waals surface area contributed by atoms with E-state index in [2.05, 4.69) is 57.5 Å². The zero-order valence-electron chi connectivity index (χ0n) is 46.2. The van der Waals surface area contributed by atoms with Crippen molar-refractivity contribution in [3.05, 3.63) is 126 Å². The van der Waals surface area contributed by atoms with E-state index in [0.29, 0.717) is 17.7 Å². The predicted octanol–water partition coefficient (Wildman–Crippen LogP) is -0.138. The fourth-order valence-electron chi connectivity index (χ4n) is 8.83. The highest BCUT2D eigenvalue weighted by atomic mass is 16.2. The average molecular weight is 1120 g/mol. The monoisotopic (exact) mass is 1120 g/mol. The molecule has 0 aliphatic heterocycles. The number of aromatic amines is 2. The smallest absolute Gasteiger partial charge is 0.243 e. The first-order valence-electron chi connectivity index (χ1n) is 26.9. The number of aryl methyl sites for hydroxylation is 1. The van der Waals surface area contributed by atoms with Gasteiger partial charge in [0.25, 0.3) is 0 Å². The van der Waals surface area contributed by atoms with E-state index in [1.165, 1.54) is 19.4 Å². The van der Waals surface area contributed by atoms with Gasteiger partial charge in [-0.1, -0.05) is 107 Å². The lowest BCUT2D eigenvalue weighted by molar-refractivity contribution is -0.135. The fourth-order valence-corrected chi connectivity index (χ4v) is 8.83. The molecule has 5 aromatic rings. The number of nitrogens with one attached hydrogen (secondary N) is 10. The average Bonchev–Trinajstić information content (AvgIpc) is 4.11. The predicted molar refractivity (Wildman–Crippen MR) is 301 cm³/mol. The number of carbonyl (C=O) groups is 10. The van der Waals surface area contributed by atoms with Gasteiger partial charge in [-0.15, -0.1) is 0 Å². The van der Waals surface area contributed by atoms with Crippen LogP contribution >= 0.6 is 0 Å². The van der Waals surface area contributed by atoms with Crippen molar-refractivity contribution < 1.29 is 47.9 Å². The molecule has 24 heteroatoms. The number of H-pyrrole nitrogens is 2. The van der Waals surface area contributed by atoms with Crippen molar-refractivity contribution in [2.75, 3.05) is 6.54 Å². The van der Waals surface area contributed by atoms with Crippen LogP contribution in [0.3, 0.4) is 0 Å². The van der Waals surface area contributed by atoms with E-state index >= 15 is 0 Å². The molecule has 0 aliphatic carbocycles. The number of amides is 10. The molecule has 434 valence electrons. The Morgan fingerprint density at radius 2 is 1.14 bits per heavy atom. The normalized spacial score (nSPS) is 14.2. The van der Waals surface area contributed by atoms with Gasteiger partial charge in [-0.25, -0.2) is 4.98 Å². The number of aromatic nitrogens is 3. The molecule has 0 saturated heterocycles. The van der Waals surface area contributed by atoms with Gasteiger partial charge in [0.2, 0.25) is 59.1 Å². The number of nitrogens with zero attached hydrogens (tertiary/aromatic N) is 1. The van der Waals surface area contributed by atoms with E-state index < -0.39 is 120 Å². The highest BCUT2D eigenvalue weighted by molar-refractivity contribution is 5.98. The Balaban J connectivity index is 1.23. The van der Waals surface area contributed by atoms with E-state index in [0.717, 1.165) is 22.0 Å². The summed E-state index contributed by atoms with van der Waals surface area (Å²) in [6.45, 7) is 7.70. The summed E-state index contributed by atoms with van der Waals surface area (Å²) in [4.78, 5) is 145. The quantitative estimate of drug-likeness (QED) is 0.0268. The van der Waals surface area contributed by atoms with E-state index in [4.69, 9.17) is 17.2 Å². The van der Waals surface area contributed by atoms with Crippen LogP contribution in [0.25, 0.3) is 10.9 Å². The number of primary amides is 2. The summed E-state index contributed by atoms with van der Waals surface area (Å²) in [5, 5.41) is 21.8. The van der Waals surface area contributed by atoms with Gasteiger partial charge in [-0.2, -0.15) is 0 Å². The molecule has 2 aromatic heterocycles. The number of hydrogen-bond donors (Lipinski definition) is 13. The second kappa shape index (κ2) is 31.0. The third-order valence-electron chi connectivity index (χ3n) is 13.3. The summed E-state index contributed by atoms with van der Waals surface area (Å²) < 4.78 is 0. The Morgan fingerprint density at radius 3 is 1.77 bits per heavy atom. The summed E-state index contributed by atoms with van der Waals surface area (Å²) in [5.74, 6) is -8.23. The van der Waals surface area contributed by atoms with Gasteiger partial charge in [0.15, 0.2) is 0 Å². The van der Waals surface area contributed by atoms with Crippen molar-refractivity contribution in [1.29, 1.82) is 0 Å². The Bertz CT molecular complexity index is 2930. The van der Waals surface area contributed by atoms with Gasteiger partial charge in [0.1, 0.15) is 42.3 Å². The topological polar surface area (TPSA) is 389 Å². The molecule has 5 rings (SSSR count). The highest BCUT2D eigenvalue weighted by Crippen LogP contribution is 2.20.